The van der Waals surface area contributed by atoms with Crippen LogP contribution in [0.1, 0.15) is 57.9 Å². The topological polar surface area (TPSA) is 81.2 Å². The van der Waals surface area contributed by atoms with Crippen LogP contribution in [0.3, 0.4) is 0 Å². The van der Waals surface area contributed by atoms with E-state index in [-0.39, 0.29) is 41.5 Å². The molecular formula is C33H43N3O4S. The Kier molecular flexibility index (Phi) is 8.07. The van der Waals surface area contributed by atoms with Gasteiger partial charge < -0.3 is 19.8 Å². The van der Waals surface area contributed by atoms with Gasteiger partial charge in [-0.3, -0.25) is 14.4 Å². The van der Waals surface area contributed by atoms with Gasteiger partial charge in [-0.15, -0.1) is 11.8 Å². The number of fused-ring (bicyclic) bond motifs is 2. The third-order valence-corrected chi connectivity index (χ3v) is 12.0. The molecule has 7 atom stereocenters. The first-order chi connectivity index (χ1) is 19.9. The van der Waals surface area contributed by atoms with Gasteiger partial charge in [-0.05, 0) is 24.3 Å². The molecule has 6 rings (SSSR count). The van der Waals surface area contributed by atoms with Crippen molar-refractivity contribution in [1.82, 2.24) is 14.7 Å². The molecule has 1 saturated carbocycles. The van der Waals surface area contributed by atoms with Crippen LogP contribution in [-0.4, -0.2) is 85.3 Å². The van der Waals surface area contributed by atoms with Crippen molar-refractivity contribution in [3.63, 3.8) is 0 Å². The van der Waals surface area contributed by atoms with Crippen molar-refractivity contribution in [2.75, 3.05) is 19.7 Å². The van der Waals surface area contributed by atoms with E-state index < -0.39 is 28.7 Å². The predicted molar refractivity (Wildman–Crippen MR) is 161 cm³/mol. The maximum atomic E-state index is 14.7. The summed E-state index contributed by atoms with van der Waals surface area (Å²) in [5, 5.41) is 10.5. The Bertz CT molecular complexity index is 1210. The molecule has 0 bridgehead atoms. The van der Waals surface area contributed by atoms with Crippen LogP contribution < -0.4 is 0 Å². The number of aliphatic hydroxyl groups is 1. The number of benzene rings is 1. The Balaban J connectivity index is 1.41. The minimum Gasteiger partial charge on any atom is -0.394 e. The van der Waals surface area contributed by atoms with Crippen LogP contribution in [0.4, 0.5) is 0 Å². The van der Waals surface area contributed by atoms with Gasteiger partial charge in [-0.25, -0.2) is 0 Å². The Morgan fingerprint density at radius 3 is 2.46 bits per heavy atom. The summed E-state index contributed by atoms with van der Waals surface area (Å²) in [5.74, 6) is -1.38. The zero-order valence-electron chi connectivity index (χ0n) is 24.2. The molecule has 41 heavy (non-hydrogen) atoms. The standard InChI is InChI=1S/C33H43N3O4S/c1-3-22(2)25(21-37)36-29-32(40)35(24-14-8-5-9-15-24)19-11-17-33(29)28(31(36)39)27-26(41-33)16-10-18-34(30(27)38)20-23-12-6-4-7-13-23/h4,6-7,10-13,16-17,22,24-29,37H,3,5,8-9,14-15,18-21H2,1-2H3/t22-,25-,26-,27+,28-,29?,33-/m0/s1. The Labute approximate surface area is 248 Å². The van der Waals surface area contributed by atoms with E-state index >= 15 is 0 Å². The van der Waals surface area contributed by atoms with Gasteiger partial charge in [0.2, 0.25) is 17.7 Å². The zero-order chi connectivity index (χ0) is 28.7. The highest BCUT2D eigenvalue weighted by Crippen LogP contribution is 2.61. The summed E-state index contributed by atoms with van der Waals surface area (Å²) in [7, 11) is 0. The number of amides is 3. The molecule has 5 aliphatic rings. The fourth-order valence-electron chi connectivity index (χ4n) is 7.98. The lowest BCUT2D eigenvalue weighted by atomic mass is 9.78. The molecule has 7 nitrogen and oxygen atoms in total. The SMILES string of the molecule is CC[C@H](C)[C@H](CO)N1C(=O)[C@@H]2[C@@H]3C(=O)N(Cc4ccccc4)CC=C[C@@H]3S[C@@]23C=CCN(C2CCCCC2)C(=O)C13. The third kappa shape index (κ3) is 4.75. The van der Waals surface area contributed by atoms with Crippen LogP contribution >= 0.6 is 11.8 Å². The first-order valence-electron chi connectivity index (χ1n) is 15.5. The monoisotopic (exact) mass is 577 g/mol. The molecule has 4 heterocycles. The predicted octanol–water partition coefficient (Wildman–Crippen LogP) is 4.02. The summed E-state index contributed by atoms with van der Waals surface area (Å²) in [5.41, 5.74) is 1.05. The number of likely N-dealkylation sites (tertiary alicyclic amines) is 1. The fourth-order valence-corrected chi connectivity index (χ4v) is 9.98. The Morgan fingerprint density at radius 2 is 1.76 bits per heavy atom. The van der Waals surface area contributed by atoms with Crippen molar-refractivity contribution in [3.8, 4) is 0 Å². The average Bonchev–Trinajstić information content (AvgIpc) is 3.31. The normalized spacial score (nSPS) is 33.3. The van der Waals surface area contributed by atoms with Gasteiger partial charge in [0.05, 0.1) is 29.2 Å². The Hall–Kier alpha value is -2.58. The number of carbonyl (C=O) groups is 3. The zero-order valence-corrected chi connectivity index (χ0v) is 25.0. The van der Waals surface area contributed by atoms with E-state index in [2.05, 4.69) is 31.2 Å². The molecule has 1 spiro atoms. The molecular weight excluding hydrogens is 534 g/mol. The van der Waals surface area contributed by atoms with Crippen molar-refractivity contribution in [1.29, 1.82) is 0 Å². The summed E-state index contributed by atoms with van der Waals surface area (Å²) in [6.07, 6.45) is 14.5. The van der Waals surface area contributed by atoms with Crippen molar-refractivity contribution in [2.45, 2.75) is 87.0 Å². The molecule has 1 N–H and O–H groups in total. The first kappa shape index (κ1) is 28.5. The van der Waals surface area contributed by atoms with E-state index in [0.29, 0.717) is 19.6 Å². The van der Waals surface area contributed by atoms with Crippen molar-refractivity contribution < 1.29 is 19.5 Å². The molecule has 0 aromatic heterocycles. The number of hydrogen-bond acceptors (Lipinski definition) is 5. The van der Waals surface area contributed by atoms with E-state index in [4.69, 9.17) is 0 Å². The quantitative estimate of drug-likeness (QED) is 0.496. The number of aliphatic hydroxyl groups excluding tert-OH is 1. The second kappa shape index (κ2) is 11.6. The Morgan fingerprint density at radius 1 is 1.00 bits per heavy atom. The van der Waals surface area contributed by atoms with Crippen molar-refractivity contribution >= 4 is 29.5 Å². The van der Waals surface area contributed by atoms with Crippen molar-refractivity contribution in [3.05, 3.63) is 60.2 Å². The molecule has 4 aliphatic heterocycles. The summed E-state index contributed by atoms with van der Waals surface area (Å²) >= 11 is 1.63. The van der Waals surface area contributed by atoms with Crippen LogP contribution in [0.5, 0.6) is 0 Å². The number of nitrogens with zero attached hydrogens (tertiary/aromatic N) is 3. The second-order valence-electron chi connectivity index (χ2n) is 12.5. The molecule has 1 unspecified atom stereocenters. The van der Waals surface area contributed by atoms with Gasteiger partial charge in [0.25, 0.3) is 0 Å². The number of hydrogen-bond donors (Lipinski definition) is 1. The lowest BCUT2D eigenvalue weighted by Gasteiger charge is -2.42. The second-order valence-corrected chi connectivity index (χ2v) is 14.0. The number of thioether (sulfide) groups is 1. The van der Waals surface area contributed by atoms with Crippen LogP contribution in [0.25, 0.3) is 0 Å². The van der Waals surface area contributed by atoms with E-state index in [9.17, 15) is 19.5 Å². The highest BCUT2D eigenvalue weighted by atomic mass is 32.2. The molecule has 3 amide bonds. The molecule has 1 aromatic carbocycles. The van der Waals surface area contributed by atoms with E-state index in [1.54, 1.807) is 16.7 Å². The molecule has 1 aromatic rings. The van der Waals surface area contributed by atoms with Gasteiger partial charge in [0.1, 0.15) is 6.04 Å². The lowest BCUT2D eigenvalue weighted by Crippen LogP contribution is -2.59. The molecule has 1 aliphatic carbocycles. The maximum absolute atomic E-state index is 14.7. The third-order valence-electron chi connectivity index (χ3n) is 10.3. The molecule has 220 valence electrons. The summed E-state index contributed by atoms with van der Waals surface area (Å²) in [4.78, 5) is 49.3. The maximum Gasteiger partial charge on any atom is 0.247 e. The van der Waals surface area contributed by atoms with Crippen LogP contribution in [-0.2, 0) is 20.9 Å². The highest BCUT2D eigenvalue weighted by molar-refractivity contribution is 8.02. The van der Waals surface area contributed by atoms with Gasteiger partial charge in [0, 0.05) is 30.9 Å². The minimum absolute atomic E-state index is 0.0129. The van der Waals surface area contributed by atoms with Crippen molar-refractivity contribution in [2.24, 2.45) is 17.8 Å². The first-order valence-corrected chi connectivity index (χ1v) is 16.4. The van der Waals surface area contributed by atoms with Crippen LogP contribution in [0.15, 0.2) is 54.6 Å². The van der Waals surface area contributed by atoms with Gasteiger partial charge in [0.15, 0.2) is 0 Å². The highest BCUT2D eigenvalue weighted by Gasteiger charge is 2.72. The van der Waals surface area contributed by atoms with E-state index in [0.717, 1.165) is 37.7 Å². The molecule has 2 saturated heterocycles. The van der Waals surface area contributed by atoms with Crippen LogP contribution in [0, 0.1) is 17.8 Å². The summed E-state index contributed by atoms with van der Waals surface area (Å²) in [6.45, 7) is 5.41. The molecule has 3 fully saturated rings. The fraction of sp³-hybridized carbons (Fsp3) is 0.606. The lowest BCUT2D eigenvalue weighted by molar-refractivity contribution is -0.149. The smallest absolute Gasteiger partial charge is 0.247 e. The molecule has 8 heteroatoms. The summed E-state index contributed by atoms with van der Waals surface area (Å²) in [6, 6.07) is 8.93. The largest absolute Gasteiger partial charge is 0.394 e. The number of carbonyl (C=O) groups excluding carboxylic acids is 3. The van der Waals surface area contributed by atoms with Gasteiger partial charge in [-0.2, -0.15) is 0 Å². The minimum atomic E-state index is -0.844. The van der Waals surface area contributed by atoms with E-state index in [1.165, 1.54) is 6.42 Å². The van der Waals surface area contributed by atoms with Gasteiger partial charge in [-0.1, -0.05) is 94.2 Å². The number of rotatable bonds is 7. The van der Waals surface area contributed by atoms with E-state index in [1.807, 2.05) is 47.1 Å². The van der Waals surface area contributed by atoms with Gasteiger partial charge >= 0.3 is 0 Å². The average molecular weight is 578 g/mol. The van der Waals surface area contributed by atoms with Crippen LogP contribution in [0.2, 0.25) is 0 Å². The molecule has 0 radical (unpaired) electrons. The summed E-state index contributed by atoms with van der Waals surface area (Å²) < 4.78 is -0.844.